The standard InChI is InChI=1S/C15H11N3.3F6P.Ru/c1-4-12(10-16-7-1)14-6-3-9-18-15(14)13-5-2-8-17-11-13;3*1-7(2,3,4,5)6;/h1-11H;;;;/q;3*-1;+3. The summed E-state index contributed by atoms with van der Waals surface area (Å²) in [5.41, 5.74) is 4.07. The van der Waals surface area contributed by atoms with Crippen molar-refractivity contribution < 1.29 is 95.0 Å². The van der Waals surface area contributed by atoms with Gasteiger partial charge in [-0.1, -0.05) is 12.1 Å². The van der Waals surface area contributed by atoms with Gasteiger partial charge < -0.3 is 0 Å². The number of pyridine rings is 3. The first kappa shape index (κ1) is 40.2. The average molecular weight is 769 g/mol. The van der Waals surface area contributed by atoms with Crippen LogP contribution in [0.3, 0.4) is 0 Å². The Morgan fingerprint density at radius 2 is 0.725 bits per heavy atom. The number of halogens is 18. The van der Waals surface area contributed by atoms with E-state index in [1.807, 2.05) is 48.8 Å². The summed E-state index contributed by atoms with van der Waals surface area (Å²) in [5, 5.41) is 0. The molecule has 0 saturated heterocycles. The third-order valence-electron chi connectivity index (χ3n) is 2.72. The van der Waals surface area contributed by atoms with Crippen LogP contribution in [0.2, 0.25) is 0 Å². The summed E-state index contributed by atoms with van der Waals surface area (Å²) in [6.07, 6.45) is 8.99. The van der Waals surface area contributed by atoms with E-state index in [4.69, 9.17) is 0 Å². The quantitative estimate of drug-likeness (QED) is 0.148. The van der Waals surface area contributed by atoms with Crippen molar-refractivity contribution in [2.45, 2.75) is 0 Å². The number of aromatic nitrogens is 3. The van der Waals surface area contributed by atoms with Crippen molar-refractivity contribution in [2.75, 3.05) is 0 Å². The molecule has 0 aliphatic rings. The van der Waals surface area contributed by atoms with Crippen LogP contribution < -0.4 is 0 Å². The van der Waals surface area contributed by atoms with E-state index in [9.17, 15) is 75.5 Å². The third-order valence-corrected chi connectivity index (χ3v) is 2.72. The SMILES string of the molecule is F[P-](F)(F)(F)(F)F.F[P-](F)(F)(F)(F)F.F[P-](F)(F)(F)(F)F.[Ru+3].c1cncc(-c2cccnc2-c2cccnc2)c1. The van der Waals surface area contributed by atoms with Crippen molar-refractivity contribution in [3.05, 3.63) is 67.4 Å². The maximum absolute atomic E-state index is 10.7. The van der Waals surface area contributed by atoms with Gasteiger partial charge in [0.15, 0.2) is 0 Å². The predicted molar refractivity (Wildman–Crippen MR) is 111 cm³/mol. The van der Waals surface area contributed by atoms with Gasteiger partial charge in [0.1, 0.15) is 0 Å². The Kier molecular flexibility index (Phi) is 10.2. The first-order valence-electron chi connectivity index (χ1n) is 8.75. The summed E-state index contributed by atoms with van der Waals surface area (Å²) >= 11 is 0. The molecule has 3 nitrogen and oxygen atoms in total. The third kappa shape index (κ3) is 40.6. The molecule has 0 unspecified atom stereocenters. The van der Waals surface area contributed by atoms with Gasteiger partial charge in [-0.3, -0.25) is 15.0 Å². The molecule has 0 N–H and O–H groups in total. The Morgan fingerprint density at radius 3 is 1.02 bits per heavy atom. The second kappa shape index (κ2) is 10.1. The largest absolute Gasteiger partial charge is 3.00 e. The Bertz CT molecular complexity index is 1090. The zero-order valence-electron chi connectivity index (χ0n) is 18.2. The topological polar surface area (TPSA) is 38.7 Å². The van der Waals surface area contributed by atoms with Crippen molar-refractivity contribution in [1.82, 2.24) is 15.0 Å². The maximum atomic E-state index is 9.87. The Morgan fingerprint density at radius 1 is 0.425 bits per heavy atom. The number of rotatable bonds is 2. The summed E-state index contributed by atoms with van der Waals surface area (Å²) in [5.74, 6) is 0. The Hall–Kier alpha value is -1.90. The minimum Gasteiger partial charge on any atom is -0.264 e. The molecule has 0 atom stereocenters. The zero-order valence-corrected chi connectivity index (χ0v) is 22.6. The molecule has 1 radical (unpaired) electrons. The van der Waals surface area contributed by atoms with E-state index >= 15 is 0 Å². The molecule has 3 rings (SSSR count). The summed E-state index contributed by atoms with van der Waals surface area (Å²) in [6, 6.07) is 11.9. The molecule has 0 spiro atoms. The van der Waals surface area contributed by atoms with Crippen LogP contribution in [0.5, 0.6) is 0 Å². The zero-order chi connectivity index (χ0) is 31.4. The van der Waals surface area contributed by atoms with Crippen molar-refractivity contribution in [2.24, 2.45) is 0 Å². The van der Waals surface area contributed by atoms with Gasteiger partial charge in [0.2, 0.25) is 0 Å². The van der Waals surface area contributed by atoms with Crippen molar-refractivity contribution >= 4 is 23.4 Å². The summed E-state index contributed by atoms with van der Waals surface area (Å²) < 4.78 is 178. The fourth-order valence-electron chi connectivity index (χ4n) is 1.89. The molecule has 235 valence electrons. The van der Waals surface area contributed by atoms with Gasteiger partial charge >= 0.3 is 118 Å². The molecular formula is C15H11F18N3P3Ru. The van der Waals surface area contributed by atoms with Gasteiger partial charge in [-0.25, -0.2) is 0 Å². The second-order valence-corrected chi connectivity index (χ2v) is 12.5. The molecule has 0 aliphatic carbocycles. The molecule has 0 bridgehead atoms. The van der Waals surface area contributed by atoms with Crippen LogP contribution in [0.4, 0.5) is 75.5 Å². The second-order valence-electron chi connectivity index (χ2n) is 6.76. The molecule has 0 aliphatic heterocycles. The number of hydrogen-bond donors (Lipinski definition) is 0. The Labute approximate surface area is 223 Å². The van der Waals surface area contributed by atoms with E-state index < -0.39 is 23.4 Å². The summed E-state index contributed by atoms with van der Waals surface area (Å²) in [6.45, 7) is 0. The van der Waals surface area contributed by atoms with Gasteiger partial charge in [0, 0.05) is 47.7 Å². The van der Waals surface area contributed by atoms with Gasteiger partial charge in [0.05, 0.1) is 5.69 Å². The van der Waals surface area contributed by atoms with Gasteiger partial charge in [-0.2, -0.15) is 0 Å². The number of hydrogen-bond acceptors (Lipinski definition) is 3. The van der Waals surface area contributed by atoms with E-state index in [1.165, 1.54) is 0 Å². The van der Waals surface area contributed by atoms with Crippen LogP contribution in [-0.4, -0.2) is 15.0 Å². The smallest absolute Gasteiger partial charge is 0.264 e. The minimum absolute atomic E-state index is 0. The molecule has 0 saturated carbocycles. The number of nitrogens with zero attached hydrogens (tertiary/aromatic N) is 3. The molecule has 0 fully saturated rings. The molecule has 3 heterocycles. The van der Waals surface area contributed by atoms with Gasteiger partial charge in [-0.15, -0.1) is 0 Å². The maximum Gasteiger partial charge on any atom is 3.00 e. The first-order chi connectivity index (χ1) is 16.3. The average Bonchev–Trinajstić information content (AvgIpc) is 2.62. The van der Waals surface area contributed by atoms with E-state index in [0.29, 0.717) is 0 Å². The monoisotopic (exact) mass is 770 g/mol. The first-order valence-corrected chi connectivity index (χ1v) is 14.8. The minimum atomic E-state index is -10.7. The molecule has 0 aromatic carbocycles. The molecule has 3 aromatic rings. The van der Waals surface area contributed by atoms with E-state index in [1.54, 1.807) is 18.6 Å². The van der Waals surface area contributed by atoms with Crippen LogP contribution in [0, 0.1) is 0 Å². The van der Waals surface area contributed by atoms with Crippen LogP contribution in [0.1, 0.15) is 0 Å². The van der Waals surface area contributed by atoms with Crippen LogP contribution >= 0.6 is 23.4 Å². The van der Waals surface area contributed by atoms with Crippen LogP contribution in [-0.2, 0) is 19.5 Å². The Balaban J connectivity index is 0. The van der Waals surface area contributed by atoms with Crippen molar-refractivity contribution in [3.63, 3.8) is 0 Å². The van der Waals surface area contributed by atoms with Crippen LogP contribution in [0.15, 0.2) is 67.4 Å². The van der Waals surface area contributed by atoms with E-state index in [2.05, 4.69) is 15.0 Å². The normalized spacial score (nSPS) is 16.8. The molecular weight excluding hydrogens is 758 g/mol. The summed E-state index contributed by atoms with van der Waals surface area (Å²) in [4.78, 5) is 12.8. The molecule has 25 heteroatoms. The summed E-state index contributed by atoms with van der Waals surface area (Å²) in [7, 11) is -32.0. The molecule has 40 heavy (non-hydrogen) atoms. The van der Waals surface area contributed by atoms with Crippen LogP contribution in [0.25, 0.3) is 22.4 Å². The van der Waals surface area contributed by atoms with Crippen molar-refractivity contribution in [1.29, 1.82) is 0 Å². The van der Waals surface area contributed by atoms with Gasteiger partial charge in [-0.05, 0) is 24.3 Å². The molecule has 0 amide bonds. The fraction of sp³-hybridized carbons (Fsp3) is 0. The molecule has 3 aromatic heterocycles. The predicted octanol–water partition coefficient (Wildman–Crippen LogP) is 13.4. The van der Waals surface area contributed by atoms with E-state index in [0.717, 1.165) is 22.4 Å². The van der Waals surface area contributed by atoms with E-state index in [-0.39, 0.29) is 19.5 Å². The van der Waals surface area contributed by atoms with Crippen molar-refractivity contribution in [3.8, 4) is 22.4 Å². The fourth-order valence-corrected chi connectivity index (χ4v) is 1.89. The van der Waals surface area contributed by atoms with Gasteiger partial charge in [0.25, 0.3) is 0 Å².